The third-order valence-electron chi connectivity index (χ3n) is 1.76. The molecule has 3 nitrogen and oxygen atoms in total. The summed E-state index contributed by atoms with van der Waals surface area (Å²) in [4.78, 5) is 22.1. The Hall–Kier alpha value is -0.620. The maximum absolute atomic E-state index is 11.2. The standard InChI is InChI=1S/C8H3ClINO2/c9-4-2-6-3(1-5(4)10)7(12)8(13)11-6/h1-2H,(H,11,12,13). The molecule has 1 heterocycles. The zero-order valence-corrected chi connectivity index (χ0v) is 9.14. The van der Waals surface area contributed by atoms with Crippen LogP contribution in [-0.2, 0) is 4.79 Å². The molecule has 13 heavy (non-hydrogen) atoms. The molecule has 0 aromatic heterocycles. The molecule has 0 spiro atoms. The summed E-state index contributed by atoms with van der Waals surface area (Å²) in [5.41, 5.74) is 0.902. The molecule has 0 unspecified atom stereocenters. The Balaban J connectivity index is 2.66. The van der Waals surface area contributed by atoms with Crippen molar-refractivity contribution in [3.63, 3.8) is 0 Å². The summed E-state index contributed by atoms with van der Waals surface area (Å²) in [7, 11) is 0. The van der Waals surface area contributed by atoms with E-state index < -0.39 is 11.7 Å². The second-order valence-electron chi connectivity index (χ2n) is 2.60. The van der Waals surface area contributed by atoms with Crippen LogP contribution in [0.3, 0.4) is 0 Å². The highest BCUT2D eigenvalue weighted by Gasteiger charge is 2.28. The molecule has 0 saturated carbocycles. The minimum Gasteiger partial charge on any atom is -0.318 e. The van der Waals surface area contributed by atoms with Crippen molar-refractivity contribution in [3.05, 3.63) is 26.3 Å². The Bertz CT molecular complexity index is 430. The average Bonchev–Trinajstić information content (AvgIpc) is 2.32. The number of hydrogen-bond acceptors (Lipinski definition) is 2. The summed E-state index contributed by atoms with van der Waals surface area (Å²) in [6, 6.07) is 3.19. The summed E-state index contributed by atoms with van der Waals surface area (Å²) in [6.45, 7) is 0. The molecular weight excluding hydrogens is 304 g/mol. The lowest BCUT2D eigenvalue weighted by molar-refractivity contribution is -0.112. The number of halogens is 2. The first-order chi connectivity index (χ1) is 6.09. The van der Waals surface area contributed by atoms with Crippen LogP contribution in [-0.4, -0.2) is 11.7 Å². The van der Waals surface area contributed by atoms with Crippen LogP contribution in [0.2, 0.25) is 5.02 Å². The van der Waals surface area contributed by atoms with Gasteiger partial charge in [-0.05, 0) is 34.7 Å². The fraction of sp³-hybridized carbons (Fsp3) is 0. The molecule has 66 valence electrons. The van der Waals surface area contributed by atoms with Crippen LogP contribution in [0.4, 0.5) is 5.69 Å². The molecule has 5 heteroatoms. The Kier molecular flexibility index (Phi) is 2.03. The number of amides is 1. The highest BCUT2D eigenvalue weighted by Crippen LogP contribution is 2.30. The fourth-order valence-corrected chi connectivity index (χ4v) is 1.77. The third kappa shape index (κ3) is 1.34. The minimum atomic E-state index is -0.590. The van der Waals surface area contributed by atoms with Gasteiger partial charge in [0.1, 0.15) is 0 Å². The first-order valence-electron chi connectivity index (χ1n) is 3.44. The average molecular weight is 307 g/mol. The molecule has 1 aromatic carbocycles. The highest BCUT2D eigenvalue weighted by atomic mass is 127. The number of nitrogens with one attached hydrogen (secondary N) is 1. The number of Topliss-reactive ketones (excluding diaryl/α,β-unsaturated/α-hetero) is 1. The second kappa shape index (κ2) is 2.95. The monoisotopic (exact) mass is 307 g/mol. The van der Waals surface area contributed by atoms with E-state index in [0.717, 1.165) is 3.57 Å². The maximum Gasteiger partial charge on any atom is 0.296 e. The number of carbonyl (C=O) groups excluding carboxylic acids is 2. The largest absolute Gasteiger partial charge is 0.318 e. The molecule has 1 N–H and O–H groups in total. The Morgan fingerprint density at radius 2 is 2.00 bits per heavy atom. The molecule has 1 aliphatic heterocycles. The van der Waals surface area contributed by atoms with Crippen LogP contribution < -0.4 is 5.32 Å². The van der Waals surface area contributed by atoms with E-state index in [1.807, 2.05) is 22.6 Å². The molecule has 0 fully saturated rings. The quantitative estimate of drug-likeness (QED) is 0.589. The van der Waals surface area contributed by atoms with E-state index in [4.69, 9.17) is 11.6 Å². The van der Waals surface area contributed by atoms with Crippen LogP contribution in [0, 0.1) is 3.57 Å². The summed E-state index contributed by atoms with van der Waals surface area (Å²) in [5.74, 6) is -1.09. The van der Waals surface area contributed by atoms with E-state index in [1.165, 1.54) is 0 Å². The zero-order valence-electron chi connectivity index (χ0n) is 6.23. The molecule has 1 aliphatic rings. The van der Waals surface area contributed by atoms with Gasteiger partial charge in [0.05, 0.1) is 16.3 Å². The van der Waals surface area contributed by atoms with Crippen molar-refractivity contribution >= 4 is 51.6 Å². The number of rotatable bonds is 0. The van der Waals surface area contributed by atoms with Gasteiger partial charge in [-0.1, -0.05) is 11.6 Å². The van der Waals surface area contributed by atoms with E-state index in [9.17, 15) is 9.59 Å². The first-order valence-corrected chi connectivity index (χ1v) is 4.90. The van der Waals surface area contributed by atoms with Gasteiger partial charge in [0, 0.05) is 3.57 Å². The van der Waals surface area contributed by atoms with Gasteiger partial charge in [-0.2, -0.15) is 0 Å². The van der Waals surface area contributed by atoms with Gasteiger partial charge in [0.25, 0.3) is 11.7 Å². The maximum atomic E-state index is 11.2. The fourth-order valence-electron chi connectivity index (χ4n) is 1.14. The smallest absolute Gasteiger partial charge is 0.296 e. The van der Waals surface area contributed by atoms with Crippen LogP contribution in [0.15, 0.2) is 12.1 Å². The molecular formula is C8H3ClINO2. The van der Waals surface area contributed by atoms with Crippen molar-refractivity contribution in [1.82, 2.24) is 0 Å². The molecule has 1 aromatic rings. The number of hydrogen-bond donors (Lipinski definition) is 1. The summed E-state index contributed by atoms with van der Waals surface area (Å²) < 4.78 is 0.767. The van der Waals surface area contributed by atoms with Gasteiger partial charge in [-0.25, -0.2) is 0 Å². The van der Waals surface area contributed by atoms with Gasteiger partial charge >= 0.3 is 0 Å². The lowest BCUT2D eigenvalue weighted by Crippen LogP contribution is -2.12. The lowest BCUT2D eigenvalue weighted by Gasteiger charge is -1.99. The molecule has 0 atom stereocenters. The van der Waals surface area contributed by atoms with E-state index in [2.05, 4.69) is 5.32 Å². The van der Waals surface area contributed by atoms with Crippen molar-refractivity contribution in [3.8, 4) is 0 Å². The summed E-state index contributed by atoms with van der Waals surface area (Å²) in [6.07, 6.45) is 0. The number of carbonyl (C=O) groups is 2. The normalized spacial score (nSPS) is 14.3. The Morgan fingerprint density at radius 1 is 1.31 bits per heavy atom. The van der Waals surface area contributed by atoms with Gasteiger partial charge in [-0.15, -0.1) is 0 Å². The van der Waals surface area contributed by atoms with Crippen LogP contribution >= 0.6 is 34.2 Å². The first kappa shape index (κ1) is 8.96. The molecule has 2 rings (SSSR count). The van der Waals surface area contributed by atoms with Crippen molar-refractivity contribution in [2.75, 3.05) is 5.32 Å². The predicted molar refractivity (Wildman–Crippen MR) is 57.1 cm³/mol. The number of fused-ring (bicyclic) bond motifs is 1. The van der Waals surface area contributed by atoms with E-state index in [1.54, 1.807) is 12.1 Å². The zero-order chi connectivity index (χ0) is 9.59. The second-order valence-corrected chi connectivity index (χ2v) is 4.16. The van der Waals surface area contributed by atoms with E-state index >= 15 is 0 Å². The van der Waals surface area contributed by atoms with Crippen molar-refractivity contribution < 1.29 is 9.59 Å². The van der Waals surface area contributed by atoms with Crippen molar-refractivity contribution in [2.45, 2.75) is 0 Å². The highest BCUT2D eigenvalue weighted by molar-refractivity contribution is 14.1. The van der Waals surface area contributed by atoms with Gasteiger partial charge < -0.3 is 5.32 Å². The molecule has 0 radical (unpaired) electrons. The molecule has 1 amide bonds. The lowest BCUT2D eigenvalue weighted by atomic mass is 10.1. The molecule has 0 aliphatic carbocycles. The van der Waals surface area contributed by atoms with Gasteiger partial charge in [-0.3, -0.25) is 9.59 Å². The van der Waals surface area contributed by atoms with Crippen LogP contribution in [0.1, 0.15) is 10.4 Å². The summed E-state index contributed by atoms with van der Waals surface area (Å²) in [5, 5.41) is 2.98. The van der Waals surface area contributed by atoms with E-state index in [-0.39, 0.29) is 0 Å². The van der Waals surface area contributed by atoms with E-state index in [0.29, 0.717) is 16.3 Å². The third-order valence-corrected chi connectivity index (χ3v) is 3.28. The number of benzene rings is 1. The van der Waals surface area contributed by atoms with Gasteiger partial charge in [0.2, 0.25) is 0 Å². The summed E-state index contributed by atoms with van der Waals surface area (Å²) >= 11 is 7.83. The topological polar surface area (TPSA) is 46.2 Å². The SMILES string of the molecule is O=C1Nc2cc(Cl)c(I)cc2C1=O. The minimum absolute atomic E-state index is 0.402. The predicted octanol–water partition coefficient (Wildman–Crippen LogP) is 2.08. The number of anilines is 1. The molecule has 0 saturated heterocycles. The van der Waals surface area contributed by atoms with Gasteiger partial charge in [0.15, 0.2) is 0 Å². The van der Waals surface area contributed by atoms with Crippen LogP contribution in [0.25, 0.3) is 0 Å². The Labute approximate surface area is 92.6 Å². The molecule has 0 bridgehead atoms. The number of ketones is 1. The Morgan fingerprint density at radius 3 is 2.69 bits per heavy atom. The van der Waals surface area contributed by atoms with Crippen LogP contribution in [0.5, 0.6) is 0 Å². The van der Waals surface area contributed by atoms with Crippen molar-refractivity contribution in [2.24, 2.45) is 0 Å². The van der Waals surface area contributed by atoms with Crippen molar-refractivity contribution in [1.29, 1.82) is 0 Å².